The minimum absolute atomic E-state index is 0.0124. The molecule has 0 aromatic rings. The second-order valence-electron chi connectivity index (χ2n) is 3.92. The van der Waals surface area contributed by atoms with Crippen molar-refractivity contribution in [2.45, 2.75) is 18.9 Å². The van der Waals surface area contributed by atoms with E-state index < -0.39 is 0 Å². The highest BCUT2D eigenvalue weighted by Gasteiger charge is 2.55. The van der Waals surface area contributed by atoms with Gasteiger partial charge in [-0.3, -0.25) is 4.79 Å². The fraction of sp³-hybridized carbons (Fsp3) is 0.875. The SMILES string of the molecule is NCC(=O)NC1C[NH2+]CC12CC2. The Balaban J connectivity index is 1.91. The second-order valence-corrected chi connectivity index (χ2v) is 3.92. The van der Waals surface area contributed by atoms with Crippen LogP contribution in [0.2, 0.25) is 0 Å². The number of quaternary nitrogens is 1. The molecule has 1 amide bonds. The summed E-state index contributed by atoms with van der Waals surface area (Å²) in [5.74, 6) is -0.0124. The van der Waals surface area contributed by atoms with Gasteiger partial charge in [0.15, 0.2) is 0 Å². The van der Waals surface area contributed by atoms with Crippen LogP contribution < -0.4 is 16.4 Å². The summed E-state index contributed by atoms with van der Waals surface area (Å²) in [5, 5.41) is 5.27. The predicted molar refractivity (Wildman–Crippen MR) is 44.3 cm³/mol. The first-order valence-electron chi connectivity index (χ1n) is 4.58. The maximum absolute atomic E-state index is 11.0. The monoisotopic (exact) mass is 170 g/mol. The summed E-state index contributed by atoms with van der Waals surface area (Å²) < 4.78 is 0. The fourth-order valence-corrected chi connectivity index (χ4v) is 2.11. The van der Waals surface area contributed by atoms with Gasteiger partial charge in [-0.05, 0) is 12.8 Å². The standard InChI is InChI=1S/C8H15N3O/c9-3-7(12)11-6-4-10-5-8(6)1-2-8/h6,10H,1-5,9H2,(H,11,12)/p+1. The predicted octanol–water partition coefficient (Wildman–Crippen LogP) is -2.21. The van der Waals surface area contributed by atoms with Gasteiger partial charge in [-0.2, -0.15) is 0 Å². The highest BCUT2D eigenvalue weighted by Crippen LogP contribution is 2.48. The molecule has 4 nitrogen and oxygen atoms in total. The maximum Gasteiger partial charge on any atom is 0.234 e. The van der Waals surface area contributed by atoms with Crippen LogP contribution in [0.5, 0.6) is 0 Å². The lowest BCUT2D eigenvalue weighted by atomic mass is 10.0. The third-order valence-corrected chi connectivity index (χ3v) is 3.11. The number of carbonyl (C=O) groups excluding carboxylic acids is 1. The summed E-state index contributed by atoms with van der Waals surface area (Å²) in [5.41, 5.74) is 5.69. The molecule has 1 heterocycles. The van der Waals surface area contributed by atoms with Crippen LogP contribution in [0.1, 0.15) is 12.8 Å². The number of hydrogen-bond donors (Lipinski definition) is 3. The van der Waals surface area contributed by atoms with Crippen LogP contribution in [-0.4, -0.2) is 31.6 Å². The first-order chi connectivity index (χ1) is 5.77. The van der Waals surface area contributed by atoms with Crippen molar-refractivity contribution >= 4 is 5.91 Å². The molecular weight excluding hydrogens is 154 g/mol. The van der Waals surface area contributed by atoms with Crippen LogP contribution in [0.4, 0.5) is 0 Å². The first-order valence-corrected chi connectivity index (χ1v) is 4.58. The summed E-state index contributed by atoms with van der Waals surface area (Å²) in [6.07, 6.45) is 2.55. The van der Waals surface area contributed by atoms with Gasteiger partial charge in [-0.25, -0.2) is 0 Å². The Bertz CT molecular complexity index is 200. The average molecular weight is 170 g/mol. The summed E-state index contributed by atoms with van der Waals surface area (Å²) in [7, 11) is 0. The van der Waals surface area contributed by atoms with Crippen LogP contribution in [0.25, 0.3) is 0 Å². The Labute approximate surface area is 71.9 Å². The van der Waals surface area contributed by atoms with E-state index in [1.165, 1.54) is 19.4 Å². The molecule has 1 atom stereocenters. The van der Waals surface area contributed by atoms with Crippen molar-refractivity contribution < 1.29 is 10.1 Å². The smallest absolute Gasteiger partial charge is 0.234 e. The maximum atomic E-state index is 11.0. The molecule has 1 unspecified atom stereocenters. The van der Waals surface area contributed by atoms with E-state index in [0.29, 0.717) is 11.5 Å². The summed E-state index contributed by atoms with van der Waals surface area (Å²) >= 11 is 0. The molecule has 0 radical (unpaired) electrons. The van der Waals surface area contributed by atoms with Gasteiger partial charge in [0.1, 0.15) is 0 Å². The summed E-state index contributed by atoms with van der Waals surface area (Å²) in [6, 6.07) is 0.383. The average Bonchev–Trinajstić information content (AvgIpc) is 2.73. The molecule has 12 heavy (non-hydrogen) atoms. The molecule has 1 aliphatic carbocycles. The van der Waals surface area contributed by atoms with Gasteiger partial charge >= 0.3 is 0 Å². The van der Waals surface area contributed by atoms with Crippen molar-refractivity contribution in [3.05, 3.63) is 0 Å². The van der Waals surface area contributed by atoms with Crippen molar-refractivity contribution in [1.82, 2.24) is 5.32 Å². The molecule has 1 saturated carbocycles. The van der Waals surface area contributed by atoms with Gasteiger partial charge in [0, 0.05) is 5.41 Å². The number of amides is 1. The van der Waals surface area contributed by atoms with Gasteiger partial charge in [0.05, 0.1) is 25.7 Å². The van der Waals surface area contributed by atoms with E-state index in [4.69, 9.17) is 5.73 Å². The lowest BCUT2D eigenvalue weighted by Crippen LogP contribution is -2.82. The van der Waals surface area contributed by atoms with Gasteiger partial charge in [-0.15, -0.1) is 0 Å². The molecule has 0 bridgehead atoms. The molecule has 68 valence electrons. The highest BCUT2D eigenvalue weighted by molar-refractivity contribution is 5.78. The van der Waals surface area contributed by atoms with E-state index in [1.807, 2.05) is 0 Å². The lowest BCUT2D eigenvalue weighted by Gasteiger charge is -2.15. The number of carbonyl (C=O) groups is 1. The molecule has 5 N–H and O–H groups in total. The molecule has 2 rings (SSSR count). The number of hydrogen-bond acceptors (Lipinski definition) is 2. The van der Waals surface area contributed by atoms with Crippen molar-refractivity contribution in [1.29, 1.82) is 0 Å². The molecule has 0 aromatic carbocycles. The molecule has 2 aliphatic rings. The van der Waals surface area contributed by atoms with Crippen LogP contribution >= 0.6 is 0 Å². The Kier molecular flexibility index (Phi) is 1.81. The second kappa shape index (κ2) is 2.71. The number of nitrogens with one attached hydrogen (secondary N) is 1. The lowest BCUT2D eigenvalue weighted by molar-refractivity contribution is -0.639. The van der Waals surface area contributed by atoms with Crippen molar-refractivity contribution in [2.24, 2.45) is 11.1 Å². The van der Waals surface area contributed by atoms with Gasteiger partial charge in [0.25, 0.3) is 0 Å². The number of nitrogens with two attached hydrogens (primary N) is 2. The zero-order chi connectivity index (χ0) is 8.60. The zero-order valence-electron chi connectivity index (χ0n) is 7.18. The Morgan fingerprint density at radius 3 is 3.00 bits per heavy atom. The minimum atomic E-state index is -0.0124. The Hall–Kier alpha value is -0.610. The minimum Gasteiger partial charge on any atom is -0.346 e. The van der Waals surface area contributed by atoms with Crippen molar-refractivity contribution in [2.75, 3.05) is 19.6 Å². The normalized spacial score (nSPS) is 30.6. The summed E-state index contributed by atoms with van der Waals surface area (Å²) in [6.45, 7) is 2.33. The third kappa shape index (κ3) is 1.21. The fourth-order valence-electron chi connectivity index (χ4n) is 2.11. The Morgan fingerprint density at radius 1 is 1.67 bits per heavy atom. The van der Waals surface area contributed by atoms with Crippen LogP contribution in [0, 0.1) is 5.41 Å². The van der Waals surface area contributed by atoms with Crippen LogP contribution in [0.15, 0.2) is 0 Å². The Morgan fingerprint density at radius 2 is 2.42 bits per heavy atom. The van der Waals surface area contributed by atoms with Crippen LogP contribution in [0.3, 0.4) is 0 Å². The quantitative estimate of drug-likeness (QED) is 0.439. The third-order valence-electron chi connectivity index (χ3n) is 3.11. The van der Waals surface area contributed by atoms with E-state index in [1.54, 1.807) is 0 Å². The molecule has 1 saturated heterocycles. The van der Waals surface area contributed by atoms with Gasteiger partial charge in [-0.1, -0.05) is 0 Å². The van der Waals surface area contributed by atoms with Crippen molar-refractivity contribution in [3.8, 4) is 0 Å². The van der Waals surface area contributed by atoms with E-state index >= 15 is 0 Å². The molecule has 0 aromatic heterocycles. The molecule has 1 aliphatic heterocycles. The molecule has 4 heteroatoms. The number of rotatable bonds is 2. The van der Waals surface area contributed by atoms with E-state index in [0.717, 1.165) is 6.54 Å². The van der Waals surface area contributed by atoms with Crippen LogP contribution in [-0.2, 0) is 4.79 Å². The molecular formula is C8H16N3O+. The first kappa shape index (κ1) is 8.01. The van der Waals surface area contributed by atoms with E-state index in [-0.39, 0.29) is 12.5 Å². The van der Waals surface area contributed by atoms with Gasteiger partial charge < -0.3 is 16.4 Å². The van der Waals surface area contributed by atoms with Crippen molar-refractivity contribution in [3.63, 3.8) is 0 Å². The van der Waals surface area contributed by atoms with E-state index in [9.17, 15) is 4.79 Å². The van der Waals surface area contributed by atoms with E-state index in [2.05, 4.69) is 10.6 Å². The molecule has 1 spiro atoms. The zero-order valence-corrected chi connectivity index (χ0v) is 7.18. The highest BCUT2D eigenvalue weighted by atomic mass is 16.1. The summed E-state index contributed by atoms with van der Waals surface area (Å²) in [4.78, 5) is 11.0. The van der Waals surface area contributed by atoms with Gasteiger partial charge in [0.2, 0.25) is 5.91 Å². The molecule has 2 fully saturated rings. The largest absolute Gasteiger partial charge is 0.346 e. The topological polar surface area (TPSA) is 71.7 Å².